The molecular formula is C22H25FN2O5S. The quantitative estimate of drug-likeness (QED) is 0.686. The fraction of sp³-hybridized carbons (Fsp3) is 0.364. The molecule has 1 atom stereocenters. The summed E-state index contributed by atoms with van der Waals surface area (Å²) < 4.78 is 45.0. The van der Waals surface area contributed by atoms with Crippen molar-refractivity contribution in [1.82, 2.24) is 4.31 Å². The fourth-order valence-corrected chi connectivity index (χ4v) is 4.76. The van der Waals surface area contributed by atoms with Crippen molar-refractivity contribution in [2.75, 3.05) is 18.4 Å². The normalized spacial score (nSPS) is 16.5. The van der Waals surface area contributed by atoms with Crippen LogP contribution < -0.4 is 5.32 Å². The molecule has 3 rings (SSSR count). The van der Waals surface area contributed by atoms with Gasteiger partial charge in [-0.2, -0.15) is 4.31 Å². The molecule has 7 nitrogen and oxygen atoms in total. The van der Waals surface area contributed by atoms with E-state index in [1.807, 2.05) is 19.1 Å². The van der Waals surface area contributed by atoms with Gasteiger partial charge in [0.25, 0.3) is 5.91 Å². The summed E-state index contributed by atoms with van der Waals surface area (Å²) in [6, 6.07) is 11.9. The molecule has 1 aliphatic rings. The Labute approximate surface area is 181 Å². The van der Waals surface area contributed by atoms with Crippen LogP contribution >= 0.6 is 0 Å². The Morgan fingerprint density at radius 2 is 1.65 bits per heavy atom. The number of anilines is 1. The highest BCUT2D eigenvalue weighted by molar-refractivity contribution is 7.89. The molecule has 0 radical (unpaired) electrons. The minimum atomic E-state index is -3.75. The predicted molar refractivity (Wildman–Crippen MR) is 113 cm³/mol. The van der Waals surface area contributed by atoms with E-state index >= 15 is 0 Å². The van der Waals surface area contributed by atoms with Crippen LogP contribution in [0.1, 0.15) is 25.3 Å². The number of hydrogen-bond donors (Lipinski definition) is 1. The number of carbonyl (C=O) groups excluding carboxylic acids is 2. The molecule has 0 spiro atoms. The number of nitrogens with one attached hydrogen (secondary N) is 1. The van der Waals surface area contributed by atoms with Crippen LogP contribution in [0.4, 0.5) is 10.1 Å². The van der Waals surface area contributed by atoms with Gasteiger partial charge in [-0.25, -0.2) is 12.8 Å². The lowest BCUT2D eigenvalue weighted by atomic mass is 9.98. The van der Waals surface area contributed by atoms with Crippen LogP contribution in [0.15, 0.2) is 53.4 Å². The summed E-state index contributed by atoms with van der Waals surface area (Å²) in [5, 5.41) is 2.70. The number of aryl methyl sites for hydroxylation is 1. The second kappa shape index (κ2) is 9.57. The van der Waals surface area contributed by atoms with E-state index in [0.717, 1.165) is 17.7 Å². The standard InChI is InChI=1S/C22H25FN2O5S/c1-15-3-7-19(8-4-15)24-21(26)16(2)30-22(27)17-11-13-25(14-12-17)31(28,29)20-9-5-18(23)6-10-20/h3-10,16-17H,11-14H2,1-2H3,(H,24,26). The van der Waals surface area contributed by atoms with Crippen molar-refractivity contribution in [3.8, 4) is 0 Å². The maximum atomic E-state index is 13.1. The number of esters is 1. The summed E-state index contributed by atoms with van der Waals surface area (Å²) in [6.45, 7) is 3.72. The van der Waals surface area contributed by atoms with Crippen molar-refractivity contribution >= 4 is 27.6 Å². The maximum Gasteiger partial charge on any atom is 0.309 e. The summed E-state index contributed by atoms with van der Waals surface area (Å²) in [5.41, 5.74) is 1.67. The van der Waals surface area contributed by atoms with E-state index in [0.29, 0.717) is 5.69 Å². The monoisotopic (exact) mass is 448 g/mol. The molecule has 2 aromatic carbocycles. The van der Waals surface area contributed by atoms with E-state index in [-0.39, 0.29) is 30.8 Å². The van der Waals surface area contributed by atoms with Gasteiger partial charge in [-0.3, -0.25) is 9.59 Å². The number of halogens is 1. The Morgan fingerprint density at radius 3 is 2.23 bits per heavy atom. The summed E-state index contributed by atoms with van der Waals surface area (Å²) in [7, 11) is -3.75. The second-order valence-corrected chi connectivity index (χ2v) is 9.50. The number of amides is 1. The number of ether oxygens (including phenoxy) is 1. The Balaban J connectivity index is 1.52. The fourth-order valence-electron chi connectivity index (χ4n) is 3.29. The topological polar surface area (TPSA) is 92.8 Å². The number of benzene rings is 2. The number of nitrogens with zero attached hydrogens (tertiary/aromatic N) is 1. The zero-order valence-electron chi connectivity index (χ0n) is 17.4. The van der Waals surface area contributed by atoms with Gasteiger partial charge in [0.05, 0.1) is 10.8 Å². The third-order valence-electron chi connectivity index (χ3n) is 5.22. The van der Waals surface area contributed by atoms with Crippen LogP contribution in [-0.2, 0) is 24.3 Å². The maximum absolute atomic E-state index is 13.1. The zero-order valence-corrected chi connectivity index (χ0v) is 18.2. The number of rotatable bonds is 6. The van der Waals surface area contributed by atoms with E-state index in [9.17, 15) is 22.4 Å². The first-order chi connectivity index (χ1) is 14.7. The molecule has 166 valence electrons. The highest BCUT2D eigenvalue weighted by Crippen LogP contribution is 2.25. The van der Waals surface area contributed by atoms with E-state index in [4.69, 9.17) is 4.74 Å². The number of sulfonamides is 1. The zero-order chi connectivity index (χ0) is 22.6. The lowest BCUT2D eigenvalue weighted by Crippen LogP contribution is -2.41. The van der Waals surface area contributed by atoms with E-state index < -0.39 is 39.7 Å². The molecule has 0 aliphatic carbocycles. The van der Waals surface area contributed by atoms with Crippen LogP contribution in [0, 0.1) is 18.7 Å². The highest BCUT2D eigenvalue weighted by Gasteiger charge is 2.34. The molecule has 0 saturated carbocycles. The summed E-state index contributed by atoms with van der Waals surface area (Å²) >= 11 is 0. The first-order valence-corrected chi connectivity index (χ1v) is 11.4. The Hall–Kier alpha value is -2.78. The summed E-state index contributed by atoms with van der Waals surface area (Å²) in [4.78, 5) is 24.7. The largest absolute Gasteiger partial charge is 0.452 e. The molecule has 1 heterocycles. The Bertz CT molecular complexity index is 1030. The molecule has 2 aromatic rings. The third-order valence-corrected chi connectivity index (χ3v) is 7.13. The number of carbonyl (C=O) groups is 2. The number of hydrogen-bond acceptors (Lipinski definition) is 5. The first-order valence-electron chi connectivity index (χ1n) is 10.0. The molecule has 1 fully saturated rings. The molecule has 9 heteroatoms. The van der Waals surface area contributed by atoms with Gasteiger partial charge < -0.3 is 10.1 Å². The predicted octanol–water partition coefficient (Wildman–Crippen LogP) is 3.11. The highest BCUT2D eigenvalue weighted by atomic mass is 32.2. The van der Waals surface area contributed by atoms with Crippen molar-refractivity contribution in [1.29, 1.82) is 0 Å². The molecule has 1 aliphatic heterocycles. The lowest BCUT2D eigenvalue weighted by Gasteiger charge is -2.30. The Kier molecular flexibility index (Phi) is 7.07. The minimum absolute atomic E-state index is 0.0105. The molecular weight excluding hydrogens is 423 g/mol. The summed E-state index contributed by atoms with van der Waals surface area (Å²) in [5.74, 6) is -1.96. The molecule has 1 N–H and O–H groups in total. The third kappa shape index (κ3) is 5.68. The molecule has 1 amide bonds. The van der Waals surface area contributed by atoms with Gasteiger partial charge in [-0.05, 0) is 63.1 Å². The van der Waals surface area contributed by atoms with E-state index in [2.05, 4.69) is 5.32 Å². The van der Waals surface area contributed by atoms with Crippen LogP contribution in [0.5, 0.6) is 0 Å². The second-order valence-electron chi connectivity index (χ2n) is 7.57. The van der Waals surface area contributed by atoms with E-state index in [1.54, 1.807) is 12.1 Å². The average molecular weight is 449 g/mol. The van der Waals surface area contributed by atoms with Gasteiger partial charge in [0.1, 0.15) is 5.82 Å². The average Bonchev–Trinajstić information content (AvgIpc) is 2.75. The number of piperidine rings is 1. The van der Waals surface area contributed by atoms with Gasteiger partial charge >= 0.3 is 5.97 Å². The van der Waals surface area contributed by atoms with Crippen molar-refractivity contribution in [3.63, 3.8) is 0 Å². The molecule has 1 saturated heterocycles. The SMILES string of the molecule is Cc1ccc(NC(=O)C(C)OC(=O)C2CCN(S(=O)(=O)c3ccc(F)cc3)CC2)cc1. The molecule has 31 heavy (non-hydrogen) atoms. The molecule has 0 bridgehead atoms. The van der Waals surface area contributed by atoms with Crippen molar-refractivity contribution in [3.05, 3.63) is 59.9 Å². The minimum Gasteiger partial charge on any atom is -0.452 e. The van der Waals surface area contributed by atoms with Crippen molar-refractivity contribution in [2.45, 2.75) is 37.7 Å². The van der Waals surface area contributed by atoms with Crippen LogP contribution in [-0.4, -0.2) is 43.8 Å². The Morgan fingerprint density at radius 1 is 1.06 bits per heavy atom. The van der Waals surface area contributed by atoms with Gasteiger partial charge in [0.15, 0.2) is 6.10 Å². The van der Waals surface area contributed by atoms with Crippen LogP contribution in [0.3, 0.4) is 0 Å². The van der Waals surface area contributed by atoms with Gasteiger partial charge in [-0.1, -0.05) is 17.7 Å². The summed E-state index contributed by atoms with van der Waals surface area (Å²) in [6.07, 6.45) is -0.410. The van der Waals surface area contributed by atoms with Gasteiger partial charge in [-0.15, -0.1) is 0 Å². The molecule has 1 unspecified atom stereocenters. The van der Waals surface area contributed by atoms with Crippen LogP contribution in [0.2, 0.25) is 0 Å². The van der Waals surface area contributed by atoms with Gasteiger partial charge in [0.2, 0.25) is 10.0 Å². The van der Waals surface area contributed by atoms with Crippen molar-refractivity contribution < 1.29 is 27.1 Å². The lowest BCUT2D eigenvalue weighted by molar-refractivity contribution is -0.158. The molecule has 0 aromatic heterocycles. The smallest absolute Gasteiger partial charge is 0.309 e. The van der Waals surface area contributed by atoms with E-state index in [1.165, 1.54) is 23.4 Å². The first kappa shape index (κ1) is 22.9. The van der Waals surface area contributed by atoms with Gasteiger partial charge in [0, 0.05) is 18.8 Å². The van der Waals surface area contributed by atoms with Crippen LogP contribution in [0.25, 0.3) is 0 Å². The van der Waals surface area contributed by atoms with Crippen molar-refractivity contribution in [2.24, 2.45) is 5.92 Å².